The number of quaternary nitrogens is 4. The Morgan fingerprint density at radius 2 is 0.477 bits per heavy atom. The van der Waals surface area contributed by atoms with Gasteiger partial charge in [-0.2, -0.15) is 70.2 Å². The first-order valence-electron chi connectivity index (χ1n) is 23.6. The molecule has 48 heteroatoms. The smallest absolute Gasteiger partial charge is 0.455 e. The van der Waals surface area contributed by atoms with Crippen LogP contribution in [0.25, 0.3) is 0 Å². The number of nitrogens with two attached hydrogens (primary N) is 2. The fourth-order valence-corrected chi connectivity index (χ4v) is 7.52. The molecular formula is C40H76F16N4O24S4. The molecule has 0 saturated heterocycles. The van der Waals surface area contributed by atoms with Crippen LogP contribution in [0, 0.1) is 42.9 Å². The summed E-state index contributed by atoms with van der Waals surface area (Å²) in [6.07, 6.45) is -21.2. The van der Waals surface area contributed by atoms with Crippen LogP contribution in [-0.2, 0) is 96.0 Å². The normalized spacial score (nSPS) is 16.7. The summed E-state index contributed by atoms with van der Waals surface area (Å²) in [5.41, 5.74) is -8.36. The van der Waals surface area contributed by atoms with E-state index in [0.717, 1.165) is 13.8 Å². The van der Waals surface area contributed by atoms with Gasteiger partial charge in [0.25, 0.3) is 0 Å². The van der Waals surface area contributed by atoms with Crippen molar-refractivity contribution in [2.45, 2.75) is 91.9 Å². The van der Waals surface area contributed by atoms with E-state index < -0.39 is 219 Å². The maximum atomic E-state index is 13.2. The molecule has 0 radical (unpaired) electrons. The Labute approximate surface area is 496 Å². The zero-order valence-electron chi connectivity index (χ0n) is 48.8. The number of hydrogen-bond donors (Lipinski definition) is 4. The van der Waals surface area contributed by atoms with Crippen molar-refractivity contribution < 1.29 is 177 Å². The second-order valence-electron chi connectivity index (χ2n) is 22.2. The molecule has 0 aliphatic rings. The Kier molecular flexibility index (Phi) is 38.3. The lowest BCUT2D eigenvalue weighted by atomic mass is 9.92. The summed E-state index contributed by atoms with van der Waals surface area (Å²) in [4.78, 5) is -1.07. The average molecular weight is 1430 g/mol. The van der Waals surface area contributed by atoms with Crippen molar-refractivity contribution in [2.75, 3.05) is 132 Å². The highest BCUT2D eigenvalue weighted by Gasteiger charge is 2.59. The highest BCUT2D eigenvalue weighted by Crippen LogP contribution is 2.38. The van der Waals surface area contributed by atoms with Gasteiger partial charge >= 0.3 is 57.2 Å². The number of rotatable bonds is 44. The van der Waals surface area contributed by atoms with Crippen molar-refractivity contribution in [1.29, 1.82) is 0 Å². The van der Waals surface area contributed by atoms with Crippen molar-refractivity contribution in [1.82, 2.24) is 12.3 Å². The van der Waals surface area contributed by atoms with Gasteiger partial charge in [-0.15, -0.1) is 16.8 Å². The Hall–Kier alpha value is -2.12. The molecule has 0 aliphatic carbocycles. The summed E-state index contributed by atoms with van der Waals surface area (Å²) in [7, 11) is -19.8. The standard InChI is InChI=1S/C21H35F10NO12S2.C19H35F6NO12S2.2H3N/c1-15(2,6-40-8-17(4,12-44-46(36,37)38)10-42-14-19(24,25)21(29,30)31)5-39-7-16(3,11-43-45(34,35)32-33)9-41-13-18(22,23)20(26,27)28;1-15(2,6-34-8-17(4,12-38-40(30,31)32)10-36-14-19(23,24)25)5-33-7-16(3,9-35-13-18(20,21)22)11-37-39(28,29)26-27;;/h5-14,32H2,1-4H3,(H,36,37,38);5-14,26H2,1-4H3,(H,30,31,32);2*1H3. The van der Waals surface area contributed by atoms with E-state index in [0.29, 0.717) is 0 Å². The van der Waals surface area contributed by atoms with Crippen LogP contribution in [0.5, 0.6) is 0 Å². The van der Waals surface area contributed by atoms with Gasteiger partial charge < -0.3 is 69.7 Å². The SMILES string of the molecule is CC(C)(COCC(C)(COCC(F)(F)C(F)(F)F)COS(=O)(=O)[O-])COCC(C)(COCC(F)(F)C(F)(F)F)COS(=O)(=O)[NH2+][O-].CC(C)(COCC(C)(COCC(F)(F)F)COS(=O)(=O)[O-])COCC(C)(COCC(F)(F)F)COS(=O)(=O)[NH2+][O-].[NH4+].[NH4+]. The molecule has 0 heterocycles. The quantitative estimate of drug-likeness (QED) is 0.0289. The highest BCUT2D eigenvalue weighted by molar-refractivity contribution is 7.81. The van der Waals surface area contributed by atoms with E-state index in [4.69, 9.17) is 18.9 Å². The van der Waals surface area contributed by atoms with Crippen LogP contribution in [0.15, 0.2) is 0 Å². The lowest BCUT2D eigenvalue weighted by Gasteiger charge is -2.33. The summed E-state index contributed by atoms with van der Waals surface area (Å²) in [5, 5.41) is 21.1. The van der Waals surface area contributed by atoms with Gasteiger partial charge in [0.15, 0.2) is 0 Å². The van der Waals surface area contributed by atoms with E-state index in [1.54, 1.807) is 13.8 Å². The van der Waals surface area contributed by atoms with Crippen LogP contribution in [0.3, 0.4) is 0 Å². The van der Waals surface area contributed by atoms with Gasteiger partial charge in [0.05, 0.1) is 106 Å². The molecule has 4 unspecified atom stereocenters. The molecule has 536 valence electrons. The first-order valence-corrected chi connectivity index (χ1v) is 29.3. The second kappa shape index (κ2) is 36.5. The number of halogens is 16. The van der Waals surface area contributed by atoms with Crippen LogP contribution in [0.4, 0.5) is 70.2 Å². The molecule has 0 aliphatic heterocycles. The monoisotopic (exact) mass is 1430 g/mol. The fraction of sp³-hybridized carbons (Fsp3) is 1.00. The van der Waals surface area contributed by atoms with E-state index in [9.17, 15) is 123 Å². The Balaban J connectivity index is -0.000000791. The first-order chi connectivity index (χ1) is 38.1. The molecule has 0 spiro atoms. The predicted molar refractivity (Wildman–Crippen MR) is 264 cm³/mol. The van der Waals surface area contributed by atoms with E-state index in [2.05, 4.69) is 35.7 Å². The molecule has 0 aromatic rings. The van der Waals surface area contributed by atoms with Gasteiger partial charge in [-0.1, -0.05) is 55.4 Å². The van der Waals surface area contributed by atoms with Gasteiger partial charge in [-0.05, 0) is 0 Å². The van der Waals surface area contributed by atoms with Crippen LogP contribution in [0.2, 0.25) is 0 Å². The second-order valence-corrected chi connectivity index (χ2v) is 27.1. The summed E-state index contributed by atoms with van der Waals surface area (Å²) in [6, 6.07) is 0. The van der Waals surface area contributed by atoms with Crippen molar-refractivity contribution >= 4 is 41.4 Å². The van der Waals surface area contributed by atoms with E-state index in [1.807, 2.05) is 0 Å². The van der Waals surface area contributed by atoms with Crippen molar-refractivity contribution in [2.24, 2.45) is 32.5 Å². The number of hydrogen-bond acceptors (Lipinski definition) is 24. The molecule has 0 saturated carbocycles. The molecule has 0 aromatic heterocycles. The molecule has 0 fully saturated rings. The minimum atomic E-state index is -5.95. The molecule has 0 aromatic carbocycles. The maximum Gasteiger partial charge on any atom is 0.455 e. The maximum absolute atomic E-state index is 13.2. The Morgan fingerprint density at radius 3 is 0.648 bits per heavy atom. The lowest BCUT2D eigenvalue weighted by molar-refractivity contribution is -0.428. The van der Waals surface area contributed by atoms with Crippen LogP contribution >= 0.6 is 0 Å². The molecule has 0 bridgehead atoms. The van der Waals surface area contributed by atoms with Gasteiger partial charge in [0.1, 0.15) is 26.4 Å². The third-order valence-electron chi connectivity index (χ3n) is 9.99. The van der Waals surface area contributed by atoms with Crippen molar-refractivity contribution in [3.63, 3.8) is 0 Å². The van der Waals surface area contributed by atoms with Gasteiger partial charge in [-0.25, -0.2) is 25.2 Å². The van der Waals surface area contributed by atoms with Crippen molar-refractivity contribution in [3.8, 4) is 0 Å². The lowest BCUT2D eigenvalue weighted by Crippen LogP contribution is -2.81. The summed E-state index contributed by atoms with van der Waals surface area (Å²) in [6.45, 7) is -6.61. The minimum Gasteiger partial charge on any atom is -0.726 e. The zero-order chi connectivity index (χ0) is 68.0. The van der Waals surface area contributed by atoms with Crippen LogP contribution in [-0.4, -0.2) is 211 Å². The van der Waals surface area contributed by atoms with Gasteiger partial charge in [0.2, 0.25) is 20.8 Å². The fourth-order valence-electron chi connectivity index (χ4n) is 5.65. The molecule has 12 N–H and O–H groups in total. The van der Waals surface area contributed by atoms with Gasteiger partial charge in [-0.3, -0.25) is 18.1 Å². The van der Waals surface area contributed by atoms with E-state index in [-0.39, 0.29) is 45.3 Å². The number of alkyl halides is 16. The molecule has 88 heavy (non-hydrogen) atoms. The predicted octanol–water partition coefficient (Wildman–Crippen LogP) is 4.05. The molecule has 0 rings (SSSR count). The summed E-state index contributed by atoms with van der Waals surface area (Å²) < 4.78 is 369. The molecule has 0 amide bonds. The van der Waals surface area contributed by atoms with E-state index >= 15 is 0 Å². The van der Waals surface area contributed by atoms with Crippen molar-refractivity contribution in [3.05, 3.63) is 10.4 Å². The minimum absolute atomic E-state index is 0. The largest absolute Gasteiger partial charge is 0.726 e. The summed E-state index contributed by atoms with van der Waals surface area (Å²) in [5.74, 6) is -10.5. The highest BCUT2D eigenvalue weighted by atomic mass is 32.3. The molecule has 28 nitrogen and oxygen atoms in total. The van der Waals surface area contributed by atoms with E-state index in [1.165, 1.54) is 27.7 Å². The van der Waals surface area contributed by atoms with Crippen LogP contribution in [0.1, 0.15) is 55.4 Å². The topological polar surface area (TPSA) is 446 Å². The Bertz CT molecular complexity index is 2460. The number of ether oxygens (including phenoxy) is 8. The zero-order valence-corrected chi connectivity index (χ0v) is 52.0. The first kappa shape index (κ1) is 92.3. The average Bonchev–Trinajstić information content (AvgIpc) is 3.29. The third kappa shape index (κ3) is 44.4. The third-order valence-corrected chi connectivity index (χ3v) is 12.2. The Morgan fingerprint density at radius 1 is 0.295 bits per heavy atom. The van der Waals surface area contributed by atoms with Gasteiger partial charge in [0, 0.05) is 32.5 Å². The molecular weight excluding hydrogens is 1350 g/mol. The summed E-state index contributed by atoms with van der Waals surface area (Å²) >= 11 is 0. The van der Waals surface area contributed by atoms with Crippen LogP contribution < -0.4 is 22.1 Å². The molecule has 4 atom stereocenters.